The Morgan fingerprint density at radius 2 is 1.83 bits per heavy atom. The molecule has 294 valence electrons. The number of hydrogen-bond donors (Lipinski definition) is 5. The van der Waals surface area contributed by atoms with Gasteiger partial charge in [-0.25, -0.2) is 4.79 Å². The Labute approximate surface area is 317 Å². The lowest BCUT2D eigenvalue weighted by molar-refractivity contribution is -0.156. The molecule has 9 atom stereocenters. The van der Waals surface area contributed by atoms with E-state index in [1.54, 1.807) is 24.3 Å². The second-order valence-corrected chi connectivity index (χ2v) is 17.2. The van der Waals surface area contributed by atoms with Crippen LogP contribution in [0, 0.1) is 18.8 Å². The molecule has 54 heavy (non-hydrogen) atoms. The van der Waals surface area contributed by atoms with Crippen LogP contribution < -0.4 is 27.2 Å². The molecule has 0 radical (unpaired) electrons. The minimum Gasteiger partial charge on any atom is -0.463 e. The molecule has 2 aromatic rings. The summed E-state index contributed by atoms with van der Waals surface area (Å²) in [5.41, 5.74) is 8.36. The number of thioether (sulfide) groups is 1. The van der Waals surface area contributed by atoms with Crippen LogP contribution in [-0.2, 0) is 35.1 Å². The Kier molecular flexibility index (Phi) is 13.6. The molecule has 0 spiro atoms. The highest BCUT2D eigenvalue weighted by atomic mass is 32.2. The molecule has 1 aromatic heterocycles. The third kappa shape index (κ3) is 10.4. The number of aromatic amines is 1. The summed E-state index contributed by atoms with van der Waals surface area (Å²) in [6, 6.07) is 6.38. The zero-order valence-corrected chi connectivity index (χ0v) is 32.5. The van der Waals surface area contributed by atoms with E-state index in [1.807, 2.05) is 40.7 Å². The molecule has 3 unspecified atom stereocenters. The standard InChI is InChI=1S/C36H50N8O9S/c1-18-16-44(34(51)40-29(18)47)25-15-22(42-43-37)24(53-25)17-52-33(50)20(3)19(2)30(48)38-23(14-21-12-10-9-11-13-21)26(45)27(46)32-39-28(36(7,8)54-32)31(49)41-35(4,5)6/h9-13,16,19-20,22-26,28,32,39,45H,14-15,17H2,1-8H3,(H,38,48)(H,41,49)(H,40,47,51)/t19?,20?,22-,23-,24+,25+,26-,28+,32?/m0/s1. The van der Waals surface area contributed by atoms with Gasteiger partial charge in [-0.05, 0) is 59.1 Å². The smallest absolute Gasteiger partial charge is 0.330 e. The molecule has 2 saturated heterocycles. The monoisotopic (exact) mass is 770 g/mol. The van der Waals surface area contributed by atoms with E-state index in [0.29, 0.717) is 0 Å². The summed E-state index contributed by atoms with van der Waals surface area (Å²) in [6.45, 7) is 13.4. The normalized spacial score (nSPS) is 24.4. The van der Waals surface area contributed by atoms with Gasteiger partial charge < -0.3 is 25.2 Å². The number of hydrogen-bond acceptors (Lipinski definition) is 12. The van der Waals surface area contributed by atoms with Crippen molar-refractivity contribution in [2.24, 2.45) is 17.0 Å². The third-order valence-corrected chi connectivity index (χ3v) is 11.0. The third-order valence-electron chi connectivity index (χ3n) is 9.54. The molecule has 4 rings (SSSR count). The molecule has 0 saturated carbocycles. The SMILES string of the molecule is Cc1cn([C@H]2C[C@H](N=[N+]=[N-])[C@@H](COC(=O)C(C)C(C)C(=O)N[C@@H](Cc3ccccc3)[C@H](O)C(=O)C3N[C@H](C(=O)NC(C)(C)C)C(C)(C)S3)O2)c(=O)[nH]c1=O. The number of benzene rings is 1. The average Bonchev–Trinajstić information content (AvgIpc) is 3.66. The second-order valence-electron chi connectivity index (χ2n) is 15.4. The zero-order chi connectivity index (χ0) is 40.1. The van der Waals surface area contributed by atoms with E-state index in [-0.39, 0.29) is 30.9 Å². The van der Waals surface area contributed by atoms with Gasteiger partial charge in [0.1, 0.15) is 36.5 Å². The predicted molar refractivity (Wildman–Crippen MR) is 200 cm³/mol. The molecule has 2 amide bonds. The lowest BCUT2D eigenvalue weighted by atomic mass is 9.93. The predicted octanol–water partition coefficient (Wildman–Crippen LogP) is 2.01. The molecule has 0 aliphatic carbocycles. The van der Waals surface area contributed by atoms with Gasteiger partial charge >= 0.3 is 11.7 Å². The largest absolute Gasteiger partial charge is 0.463 e. The number of carbonyl (C=O) groups excluding carboxylic acids is 4. The number of carbonyl (C=O) groups is 4. The number of amides is 2. The van der Waals surface area contributed by atoms with Crippen LogP contribution in [0.2, 0.25) is 0 Å². The summed E-state index contributed by atoms with van der Waals surface area (Å²) in [5, 5.41) is 23.1. The highest BCUT2D eigenvalue weighted by Gasteiger charge is 2.50. The molecule has 17 nitrogen and oxygen atoms in total. The van der Waals surface area contributed by atoms with Crippen LogP contribution in [0.3, 0.4) is 0 Å². The van der Waals surface area contributed by atoms with E-state index in [1.165, 1.54) is 43.3 Å². The fraction of sp³-hybridized carbons (Fsp3) is 0.611. The highest BCUT2D eigenvalue weighted by molar-refractivity contribution is 8.02. The first-order valence-electron chi connectivity index (χ1n) is 17.7. The number of aromatic nitrogens is 2. The highest BCUT2D eigenvalue weighted by Crippen LogP contribution is 2.39. The first-order chi connectivity index (χ1) is 25.2. The van der Waals surface area contributed by atoms with Gasteiger partial charge in [0, 0.05) is 39.3 Å². The number of aryl methyl sites for hydroxylation is 1. The number of esters is 1. The topological polar surface area (TPSA) is 247 Å². The van der Waals surface area contributed by atoms with Gasteiger partial charge in [-0.2, -0.15) is 0 Å². The zero-order valence-electron chi connectivity index (χ0n) is 31.7. The number of ether oxygens (including phenoxy) is 2. The van der Waals surface area contributed by atoms with Crippen molar-refractivity contribution in [3.05, 3.63) is 78.9 Å². The molecule has 18 heteroatoms. The molecular weight excluding hydrogens is 721 g/mol. The summed E-state index contributed by atoms with van der Waals surface area (Å²) in [7, 11) is 0. The minimum atomic E-state index is -1.67. The van der Waals surface area contributed by atoms with Crippen LogP contribution in [0.4, 0.5) is 0 Å². The maximum Gasteiger partial charge on any atom is 0.330 e. The second kappa shape index (κ2) is 17.3. The number of aliphatic hydroxyl groups excluding tert-OH is 1. The fourth-order valence-electron chi connectivity index (χ4n) is 6.26. The van der Waals surface area contributed by atoms with Crippen LogP contribution >= 0.6 is 11.8 Å². The van der Waals surface area contributed by atoms with E-state index in [9.17, 15) is 33.9 Å². The number of aliphatic hydroxyl groups is 1. The van der Waals surface area contributed by atoms with Gasteiger partial charge in [-0.15, -0.1) is 11.8 Å². The van der Waals surface area contributed by atoms with E-state index in [2.05, 4.69) is 31.0 Å². The van der Waals surface area contributed by atoms with E-state index in [4.69, 9.17) is 15.0 Å². The van der Waals surface area contributed by atoms with Crippen molar-refractivity contribution in [1.82, 2.24) is 25.5 Å². The van der Waals surface area contributed by atoms with E-state index >= 15 is 0 Å². The Morgan fingerprint density at radius 1 is 1.17 bits per heavy atom. The van der Waals surface area contributed by atoms with Crippen LogP contribution in [0.15, 0.2) is 51.2 Å². The molecular formula is C36H50N8O9S. The Hall–Kier alpha value is -4.48. The lowest BCUT2D eigenvalue weighted by Gasteiger charge is -2.28. The maximum absolute atomic E-state index is 13.8. The van der Waals surface area contributed by atoms with Gasteiger partial charge in [0.25, 0.3) is 5.56 Å². The van der Waals surface area contributed by atoms with Crippen LogP contribution in [0.25, 0.3) is 10.4 Å². The number of Topliss-reactive ketones (excluding diaryl/α,β-unsaturated/α-hetero) is 1. The molecule has 2 aliphatic rings. The first kappa shape index (κ1) is 42.3. The molecule has 0 bridgehead atoms. The van der Waals surface area contributed by atoms with Gasteiger partial charge in [0.15, 0.2) is 5.78 Å². The number of nitrogens with one attached hydrogen (secondary N) is 4. The summed E-state index contributed by atoms with van der Waals surface area (Å²) in [5.74, 6) is -4.23. The Bertz CT molecular complexity index is 1870. The molecule has 2 fully saturated rings. The molecule has 1 aromatic carbocycles. The quantitative estimate of drug-likeness (QED) is 0.0805. The van der Waals surface area contributed by atoms with Crippen LogP contribution in [0.1, 0.15) is 72.2 Å². The number of ketones is 1. The van der Waals surface area contributed by atoms with Crippen molar-refractivity contribution in [3.8, 4) is 0 Å². The number of rotatable bonds is 14. The van der Waals surface area contributed by atoms with Crippen molar-refractivity contribution < 1.29 is 33.8 Å². The van der Waals surface area contributed by atoms with Crippen LogP contribution in [0.5, 0.6) is 0 Å². The average molecular weight is 771 g/mol. The van der Waals surface area contributed by atoms with Crippen LogP contribution in [-0.4, -0.2) is 90.8 Å². The lowest BCUT2D eigenvalue weighted by Crippen LogP contribution is -2.57. The maximum atomic E-state index is 13.8. The minimum absolute atomic E-state index is 0.0764. The van der Waals surface area contributed by atoms with Gasteiger partial charge in [-0.1, -0.05) is 49.3 Å². The number of azide groups is 1. The summed E-state index contributed by atoms with van der Waals surface area (Å²) >= 11 is 1.22. The summed E-state index contributed by atoms with van der Waals surface area (Å²) in [4.78, 5) is 83.0. The fourth-order valence-corrected chi connectivity index (χ4v) is 7.64. The molecule has 5 N–H and O–H groups in total. The summed E-state index contributed by atoms with van der Waals surface area (Å²) in [6.07, 6.45) is -1.99. The first-order valence-corrected chi connectivity index (χ1v) is 18.6. The Morgan fingerprint density at radius 3 is 2.46 bits per heavy atom. The Balaban J connectivity index is 1.42. The molecule has 3 heterocycles. The van der Waals surface area contributed by atoms with Gasteiger partial charge in [0.2, 0.25) is 11.8 Å². The van der Waals surface area contributed by atoms with Crippen molar-refractivity contribution in [3.63, 3.8) is 0 Å². The summed E-state index contributed by atoms with van der Waals surface area (Å²) < 4.78 is 11.9. The molecule has 2 aliphatic heterocycles. The van der Waals surface area contributed by atoms with E-state index < -0.39 is 93.0 Å². The van der Waals surface area contributed by atoms with Gasteiger partial charge in [0.05, 0.1) is 18.0 Å². The van der Waals surface area contributed by atoms with Crippen molar-refractivity contribution in [1.29, 1.82) is 0 Å². The van der Waals surface area contributed by atoms with Crippen molar-refractivity contribution in [2.45, 2.75) is 120 Å². The van der Waals surface area contributed by atoms with Crippen molar-refractivity contribution >= 4 is 35.3 Å². The van der Waals surface area contributed by atoms with E-state index in [0.717, 1.165) is 5.56 Å². The van der Waals surface area contributed by atoms with Gasteiger partial charge in [-0.3, -0.25) is 38.8 Å². The number of nitrogens with zero attached hydrogens (tertiary/aromatic N) is 4. The number of H-pyrrole nitrogens is 1. The van der Waals surface area contributed by atoms with Crippen molar-refractivity contribution in [2.75, 3.05) is 6.61 Å².